The first-order chi connectivity index (χ1) is 15.7. The van der Waals surface area contributed by atoms with Crippen molar-refractivity contribution in [2.75, 3.05) is 18.4 Å². The molecule has 0 aromatic heterocycles. The number of urea groups is 1. The van der Waals surface area contributed by atoms with Crippen molar-refractivity contribution in [3.8, 4) is 0 Å². The van der Waals surface area contributed by atoms with Gasteiger partial charge in [0, 0.05) is 18.8 Å². The van der Waals surface area contributed by atoms with Gasteiger partial charge in [-0.05, 0) is 51.0 Å². The fourth-order valence-electron chi connectivity index (χ4n) is 3.41. The minimum absolute atomic E-state index is 0.177. The molecule has 1 fully saturated rings. The van der Waals surface area contributed by atoms with Gasteiger partial charge in [-0.25, -0.2) is 13.2 Å². The average molecular weight is 474 g/mol. The molecule has 3 amide bonds. The summed E-state index contributed by atoms with van der Waals surface area (Å²) in [6.07, 6.45) is -0.604. The summed E-state index contributed by atoms with van der Waals surface area (Å²) in [4.78, 5) is 36.8. The van der Waals surface area contributed by atoms with Crippen LogP contribution in [-0.4, -0.2) is 49.8 Å². The molecule has 10 heteroatoms. The van der Waals surface area contributed by atoms with E-state index < -0.39 is 40.0 Å². The fourth-order valence-corrected chi connectivity index (χ4v) is 4.88. The number of benzene rings is 2. The van der Waals surface area contributed by atoms with Crippen LogP contribution in [0, 0.1) is 12.8 Å². The van der Waals surface area contributed by atoms with Crippen LogP contribution >= 0.6 is 0 Å². The number of anilines is 1. The highest BCUT2D eigenvalue weighted by Gasteiger charge is 2.34. The Kier molecular flexibility index (Phi) is 7.83. The molecule has 0 aliphatic carbocycles. The molecule has 0 saturated carbocycles. The number of amides is 3. The van der Waals surface area contributed by atoms with Crippen molar-refractivity contribution in [1.82, 2.24) is 9.62 Å². The van der Waals surface area contributed by atoms with Crippen LogP contribution in [0.4, 0.5) is 10.5 Å². The minimum Gasteiger partial charge on any atom is -0.452 e. The number of piperidine rings is 1. The summed E-state index contributed by atoms with van der Waals surface area (Å²) in [6.45, 7) is 3.61. The summed E-state index contributed by atoms with van der Waals surface area (Å²) in [5.74, 6) is -1.87. The first kappa shape index (κ1) is 24.4. The first-order valence-corrected chi connectivity index (χ1v) is 12.0. The van der Waals surface area contributed by atoms with Crippen molar-refractivity contribution >= 4 is 33.6 Å². The average Bonchev–Trinajstić information content (AvgIpc) is 2.80. The number of hydrogen-bond acceptors (Lipinski definition) is 6. The van der Waals surface area contributed by atoms with Gasteiger partial charge in [-0.1, -0.05) is 35.9 Å². The van der Waals surface area contributed by atoms with E-state index >= 15 is 0 Å². The van der Waals surface area contributed by atoms with E-state index in [2.05, 4.69) is 10.6 Å². The van der Waals surface area contributed by atoms with Crippen LogP contribution in [0.5, 0.6) is 0 Å². The van der Waals surface area contributed by atoms with Gasteiger partial charge in [0.1, 0.15) is 0 Å². The Morgan fingerprint density at radius 2 is 1.61 bits per heavy atom. The van der Waals surface area contributed by atoms with Crippen LogP contribution in [0.25, 0.3) is 0 Å². The number of nitrogens with zero attached hydrogens (tertiary/aromatic N) is 1. The summed E-state index contributed by atoms with van der Waals surface area (Å²) in [6, 6.07) is 14.5. The van der Waals surface area contributed by atoms with E-state index in [1.807, 2.05) is 6.92 Å². The highest BCUT2D eigenvalue weighted by molar-refractivity contribution is 7.89. The zero-order valence-electron chi connectivity index (χ0n) is 18.5. The number of carbonyl (C=O) groups excluding carboxylic acids is 3. The van der Waals surface area contributed by atoms with Crippen molar-refractivity contribution < 1.29 is 27.5 Å². The monoisotopic (exact) mass is 473 g/mol. The smallest absolute Gasteiger partial charge is 0.325 e. The lowest BCUT2D eigenvalue weighted by Gasteiger charge is -2.30. The second kappa shape index (κ2) is 10.6. The number of hydrogen-bond donors (Lipinski definition) is 2. The van der Waals surface area contributed by atoms with Gasteiger partial charge >= 0.3 is 12.0 Å². The molecule has 2 aromatic rings. The van der Waals surface area contributed by atoms with E-state index in [4.69, 9.17) is 4.74 Å². The minimum atomic E-state index is -3.63. The van der Waals surface area contributed by atoms with Gasteiger partial charge in [0.15, 0.2) is 6.10 Å². The number of sulfonamides is 1. The molecule has 1 atom stereocenters. The van der Waals surface area contributed by atoms with E-state index in [9.17, 15) is 22.8 Å². The summed E-state index contributed by atoms with van der Waals surface area (Å²) in [5, 5.41) is 4.64. The Hall–Kier alpha value is -3.24. The van der Waals surface area contributed by atoms with Gasteiger partial charge < -0.3 is 10.1 Å². The zero-order valence-corrected chi connectivity index (χ0v) is 19.3. The molecule has 33 heavy (non-hydrogen) atoms. The van der Waals surface area contributed by atoms with Gasteiger partial charge in [0.2, 0.25) is 10.0 Å². The van der Waals surface area contributed by atoms with E-state index in [0.717, 1.165) is 5.56 Å². The van der Waals surface area contributed by atoms with Crippen LogP contribution < -0.4 is 10.6 Å². The zero-order chi connectivity index (χ0) is 24.0. The second-order valence-electron chi connectivity index (χ2n) is 7.88. The Morgan fingerprint density at radius 3 is 2.21 bits per heavy atom. The molecule has 0 bridgehead atoms. The molecule has 2 N–H and O–H groups in total. The summed E-state index contributed by atoms with van der Waals surface area (Å²) in [5.41, 5.74) is 1.48. The highest BCUT2D eigenvalue weighted by Crippen LogP contribution is 2.25. The second-order valence-corrected chi connectivity index (χ2v) is 9.82. The maximum absolute atomic E-state index is 12.8. The SMILES string of the molecule is Cc1ccc(S(=O)(=O)N2CCC(C(=O)OC(C)C(=O)NC(=O)Nc3ccccc3)CC2)cc1. The van der Waals surface area contributed by atoms with Crippen LogP contribution in [0.15, 0.2) is 59.5 Å². The summed E-state index contributed by atoms with van der Waals surface area (Å²) < 4.78 is 32.2. The van der Waals surface area contributed by atoms with Gasteiger partial charge in [-0.2, -0.15) is 4.31 Å². The lowest BCUT2D eigenvalue weighted by Crippen LogP contribution is -2.44. The quantitative estimate of drug-likeness (QED) is 0.622. The van der Waals surface area contributed by atoms with E-state index in [1.165, 1.54) is 11.2 Å². The van der Waals surface area contributed by atoms with E-state index in [-0.39, 0.29) is 30.8 Å². The Bertz CT molecular complexity index is 1090. The number of carbonyl (C=O) groups is 3. The van der Waals surface area contributed by atoms with Gasteiger partial charge in [0.05, 0.1) is 10.8 Å². The number of rotatable bonds is 6. The topological polar surface area (TPSA) is 122 Å². The largest absolute Gasteiger partial charge is 0.452 e. The lowest BCUT2D eigenvalue weighted by atomic mass is 9.98. The standard InChI is InChI=1S/C23H27N3O6S/c1-16-8-10-20(11-9-16)33(30,31)26-14-12-18(13-15-26)22(28)32-17(2)21(27)25-23(29)24-19-6-4-3-5-7-19/h3-11,17-18H,12-15H2,1-2H3,(H2,24,25,27,29). The maximum atomic E-state index is 12.8. The fraction of sp³-hybridized carbons (Fsp3) is 0.348. The van der Waals surface area contributed by atoms with E-state index in [1.54, 1.807) is 54.6 Å². The van der Waals surface area contributed by atoms with Gasteiger partial charge in [-0.15, -0.1) is 0 Å². The molecule has 1 heterocycles. The predicted molar refractivity (Wildman–Crippen MR) is 122 cm³/mol. The van der Waals surface area contributed by atoms with Crippen molar-refractivity contribution in [1.29, 1.82) is 0 Å². The first-order valence-electron chi connectivity index (χ1n) is 10.6. The summed E-state index contributed by atoms with van der Waals surface area (Å²) >= 11 is 0. The molecule has 2 aromatic carbocycles. The number of nitrogens with one attached hydrogen (secondary N) is 2. The number of para-hydroxylation sites is 1. The lowest BCUT2D eigenvalue weighted by molar-refractivity contribution is -0.159. The molecule has 1 aliphatic heterocycles. The third-order valence-corrected chi connectivity index (χ3v) is 7.29. The molecule has 1 saturated heterocycles. The molecule has 1 aliphatic rings. The molecule has 0 spiro atoms. The molecular formula is C23H27N3O6S. The molecule has 3 rings (SSSR count). The van der Waals surface area contributed by atoms with Gasteiger partial charge in [0.25, 0.3) is 5.91 Å². The van der Waals surface area contributed by atoms with Crippen LogP contribution in [-0.2, 0) is 24.3 Å². The van der Waals surface area contributed by atoms with Crippen LogP contribution in [0.3, 0.4) is 0 Å². The Balaban J connectivity index is 1.47. The highest BCUT2D eigenvalue weighted by atomic mass is 32.2. The molecule has 0 radical (unpaired) electrons. The predicted octanol–water partition coefficient (Wildman–Crippen LogP) is 2.68. The van der Waals surface area contributed by atoms with Crippen molar-refractivity contribution in [3.05, 3.63) is 60.2 Å². The number of ether oxygens (including phenoxy) is 1. The number of aryl methyl sites for hydroxylation is 1. The van der Waals surface area contributed by atoms with E-state index in [0.29, 0.717) is 5.69 Å². The van der Waals surface area contributed by atoms with Gasteiger partial charge in [-0.3, -0.25) is 14.9 Å². The number of imide groups is 1. The van der Waals surface area contributed by atoms with Crippen LogP contribution in [0.1, 0.15) is 25.3 Å². The molecule has 176 valence electrons. The normalized spacial score (nSPS) is 15.9. The Morgan fingerprint density at radius 1 is 1.00 bits per heavy atom. The van der Waals surface area contributed by atoms with Crippen molar-refractivity contribution in [3.63, 3.8) is 0 Å². The molecule has 9 nitrogen and oxygen atoms in total. The summed E-state index contributed by atoms with van der Waals surface area (Å²) in [7, 11) is -3.63. The third-order valence-electron chi connectivity index (χ3n) is 5.38. The Labute approximate surface area is 193 Å². The molecule has 1 unspecified atom stereocenters. The third kappa shape index (κ3) is 6.39. The molecular weight excluding hydrogens is 446 g/mol. The maximum Gasteiger partial charge on any atom is 0.325 e. The number of esters is 1. The van der Waals surface area contributed by atoms with Crippen molar-refractivity contribution in [2.24, 2.45) is 5.92 Å². The van der Waals surface area contributed by atoms with Crippen LogP contribution in [0.2, 0.25) is 0 Å². The van der Waals surface area contributed by atoms with Crippen molar-refractivity contribution in [2.45, 2.75) is 37.7 Å².